The van der Waals surface area contributed by atoms with Gasteiger partial charge in [-0.3, -0.25) is 0 Å². The van der Waals surface area contributed by atoms with Crippen molar-refractivity contribution >= 4 is 0 Å². The van der Waals surface area contributed by atoms with Crippen molar-refractivity contribution in [2.75, 3.05) is 0 Å². The third-order valence-corrected chi connectivity index (χ3v) is 3.08. The van der Waals surface area contributed by atoms with Gasteiger partial charge >= 0.3 is 17.1 Å². The second-order valence-electron chi connectivity index (χ2n) is 4.58. The Morgan fingerprint density at radius 3 is 2.18 bits per heavy atom. The minimum absolute atomic E-state index is 0. The molecule has 0 saturated heterocycles. The molecule has 0 fully saturated rings. The number of aromatic nitrogens is 1. The molecule has 0 aliphatic carbocycles. The molecular formula is C19H15FeNO. The van der Waals surface area contributed by atoms with Gasteiger partial charge in [0.25, 0.3) is 0 Å². The first kappa shape index (κ1) is 16.0. The summed E-state index contributed by atoms with van der Waals surface area (Å²) in [5.41, 5.74) is 3.01. The summed E-state index contributed by atoms with van der Waals surface area (Å²) in [5, 5.41) is 4.07. The van der Waals surface area contributed by atoms with E-state index in [1.165, 1.54) is 0 Å². The normalized spacial score (nSPS) is 9.45. The number of benzene rings is 1. The molecule has 0 saturated carbocycles. The third kappa shape index (κ3) is 4.08. The SMILES string of the molecule is [Fe+2].c1cc[cH-]c1.c1ccc(-c2cc(-c3ccc[cH-]3)on2)cc1. The van der Waals surface area contributed by atoms with E-state index in [9.17, 15) is 0 Å². The standard InChI is InChI=1S/C14H10NO.C5H5.Fe/c1-2-6-11(7-3-1)13-10-14(16-15-13)12-8-4-5-9-12;1-2-4-5-3-1;/h1-10H;1-5H;/q2*-1;+2. The van der Waals surface area contributed by atoms with Crippen LogP contribution in [0.5, 0.6) is 0 Å². The Balaban J connectivity index is 0.000000253. The topological polar surface area (TPSA) is 26.0 Å². The molecule has 3 aromatic carbocycles. The van der Waals surface area contributed by atoms with Gasteiger partial charge in [-0.15, -0.1) is 11.6 Å². The fourth-order valence-electron chi connectivity index (χ4n) is 2.02. The van der Waals surface area contributed by atoms with E-state index in [1.54, 1.807) is 0 Å². The summed E-state index contributed by atoms with van der Waals surface area (Å²) in [4.78, 5) is 0. The van der Waals surface area contributed by atoms with Crippen LogP contribution in [0, 0.1) is 0 Å². The van der Waals surface area contributed by atoms with Crippen molar-refractivity contribution in [2.24, 2.45) is 0 Å². The molecule has 22 heavy (non-hydrogen) atoms. The first-order valence-electron chi connectivity index (χ1n) is 6.84. The van der Waals surface area contributed by atoms with Gasteiger partial charge in [0.05, 0.1) is 5.76 Å². The molecule has 1 heterocycles. The van der Waals surface area contributed by atoms with Gasteiger partial charge in [0.15, 0.2) is 0 Å². The van der Waals surface area contributed by atoms with E-state index in [2.05, 4.69) is 5.16 Å². The Morgan fingerprint density at radius 2 is 1.59 bits per heavy atom. The van der Waals surface area contributed by atoms with Crippen molar-refractivity contribution in [3.63, 3.8) is 0 Å². The second kappa shape index (κ2) is 8.18. The molecule has 0 radical (unpaired) electrons. The van der Waals surface area contributed by atoms with Crippen LogP contribution in [-0.2, 0) is 17.1 Å². The van der Waals surface area contributed by atoms with E-state index >= 15 is 0 Å². The molecule has 4 aromatic rings. The molecule has 0 unspecified atom stereocenters. The molecule has 1 aromatic heterocycles. The molecule has 0 N–H and O–H groups in total. The Kier molecular flexibility index (Phi) is 5.96. The summed E-state index contributed by atoms with van der Waals surface area (Å²) in [6.45, 7) is 0. The van der Waals surface area contributed by atoms with Gasteiger partial charge in [0.1, 0.15) is 5.69 Å². The first-order valence-corrected chi connectivity index (χ1v) is 6.84. The van der Waals surface area contributed by atoms with Crippen LogP contribution < -0.4 is 0 Å². The van der Waals surface area contributed by atoms with Crippen molar-refractivity contribution in [3.05, 3.63) is 91.0 Å². The van der Waals surface area contributed by atoms with Crippen molar-refractivity contribution in [1.29, 1.82) is 0 Å². The summed E-state index contributed by atoms with van der Waals surface area (Å²) in [7, 11) is 0. The van der Waals surface area contributed by atoms with E-state index in [-0.39, 0.29) is 17.1 Å². The van der Waals surface area contributed by atoms with Gasteiger partial charge in [-0.1, -0.05) is 35.5 Å². The Labute approximate surface area is 140 Å². The maximum atomic E-state index is 5.31. The van der Waals surface area contributed by atoms with Gasteiger partial charge in [-0.25, -0.2) is 12.1 Å². The fourth-order valence-corrected chi connectivity index (χ4v) is 2.02. The zero-order chi connectivity index (χ0) is 14.3. The van der Waals surface area contributed by atoms with Crippen LogP contribution in [0.25, 0.3) is 22.6 Å². The number of nitrogens with zero attached hydrogens (tertiary/aromatic N) is 1. The summed E-state index contributed by atoms with van der Waals surface area (Å²) >= 11 is 0. The average Bonchev–Trinajstić information content (AvgIpc) is 3.30. The quantitative estimate of drug-likeness (QED) is 0.376. The molecule has 0 atom stereocenters. The van der Waals surface area contributed by atoms with Crippen molar-refractivity contribution < 1.29 is 21.6 Å². The van der Waals surface area contributed by atoms with Gasteiger partial charge in [-0.2, -0.15) is 36.4 Å². The van der Waals surface area contributed by atoms with E-state index in [1.807, 2.05) is 91.0 Å². The fraction of sp³-hybridized carbons (Fsp3) is 0. The van der Waals surface area contributed by atoms with Crippen LogP contribution in [0.4, 0.5) is 0 Å². The van der Waals surface area contributed by atoms with Crippen LogP contribution in [0.2, 0.25) is 0 Å². The predicted molar refractivity (Wildman–Crippen MR) is 85.0 cm³/mol. The second-order valence-corrected chi connectivity index (χ2v) is 4.58. The van der Waals surface area contributed by atoms with E-state index in [0.29, 0.717) is 0 Å². The number of hydrogen-bond donors (Lipinski definition) is 0. The number of hydrogen-bond acceptors (Lipinski definition) is 2. The van der Waals surface area contributed by atoms with Gasteiger partial charge in [-0.05, 0) is 6.07 Å². The molecule has 0 bridgehead atoms. The molecule has 0 spiro atoms. The summed E-state index contributed by atoms with van der Waals surface area (Å²) in [6.07, 6.45) is 0. The smallest absolute Gasteiger partial charge is 0.403 e. The molecule has 0 amide bonds. The van der Waals surface area contributed by atoms with Crippen molar-refractivity contribution in [1.82, 2.24) is 5.16 Å². The number of rotatable bonds is 2. The van der Waals surface area contributed by atoms with Crippen molar-refractivity contribution in [3.8, 4) is 22.6 Å². The van der Waals surface area contributed by atoms with Crippen LogP contribution in [0.1, 0.15) is 0 Å². The minimum Gasteiger partial charge on any atom is -0.403 e. The Morgan fingerprint density at radius 1 is 0.818 bits per heavy atom. The third-order valence-electron chi connectivity index (χ3n) is 3.08. The monoisotopic (exact) mass is 329 g/mol. The van der Waals surface area contributed by atoms with Crippen LogP contribution in [-0.4, -0.2) is 5.16 Å². The van der Waals surface area contributed by atoms with E-state index in [4.69, 9.17) is 4.52 Å². The summed E-state index contributed by atoms with van der Waals surface area (Å²) in [6, 6.07) is 30.0. The minimum atomic E-state index is 0. The largest absolute Gasteiger partial charge is 2.00 e. The van der Waals surface area contributed by atoms with E-state index < -0.39 is 0 Å². The molecule has 4 rings (SSSR count). The Hall–Kier alpha value is -2.35. The van der Waals surface area contributed by atoms with Gasteiger partial charge < -0.3 is 4.52 Å². The van der Waals surface area contributed by atoms with Crippen LogP contribution >= 0.6 is 0 Å². The molecule has 2 nitrogen and oxygen atoms in total. The van der Waals surface area contributed by atoms with Gasteiger partial charge in [0.2, 0.25) is 0 Å². The molecular weight excluding hydrogens is 314 g/mol. The molecule has 0 aliphatic rings. The maximum absolute atomic E-state index is 5.31. The van der Waals surface area contributed by atoms with E-state index in [0.717, 1.165) is 22.6 Å². The predicted octanol–water partition coefficient (Wildman–Crippen LogP) is 5.13. The zero-order valence-electron chi connectivity index (χ0n) is 11.9. The Bertz CT molecular complexity index is 723. The van der Waals surface area contributed by atoms with Crippen LogP contribution in [0.3, 0.4) is 0 Å². The average molecular weight is 329 g/mol. The van der Waals surface area contributed by atoms with Crippen LogP contribution in [0.15, 0.2) is 95.5 Å². The molecule has 3 heteroatoms. The molecule has 0 aliphatic heterocycles. The summed E-state index contributed by atoms with van der Waals surface area (Å²) in [5.74, 6) is 0.809. The van der Waals surface area contributed by atoms with Crippen molar-refractivity contribution in [2.45, 2.75) is 0 Å². The maximum Gasteiger partial charge on any atom is 2.00 e. The van der Waals surface area contributed by atoms with Gasteiger partial charge in [0, 0.05) is 5.56 Å². The first-order chi connectivity index (χ1) is 10.4. The zero-order valence-corrected chi connectivity index (χ0v) is 13.0. The molecule has 110 valence electrons. The summed E-state index contributed by atoms with van der Waals surface area (Å²) < 4.78 is 5.31.